The van der Waals surface area contributed by atoms with Crippen molar-refractivity contribution in [3.8, 4) is 22.5 Å². The normalized spacial score (nSPS) is 11.2. The van der Waals surface area contributed by atoms with Gasteiger partial charge in [-0.1, -0.05) is 43.3 Å². The monoisotopic (exact) mass is 333 g/mol. The summed E-state index contributed by atoms with van der Waals surface area (Å²) in [6, 6.07) is 16.7. The molecule has 0 radical (unpaired) electrons. The standard InChI is InChI=1S/C20H19N3S/c1-3-14-7-9-15(10-8-14)19-13(2)24-20-22-18(12-23(19)20)16-5-4-6-17(21)11-16/h4-12H,3,21H2,1-2H3. The zero-order valence-corrected chi connectivity index (χ0v) is 14.6. The van der Waals surface area contributed by atoms with Crippen LogP contribution in [-0.4, -0.2) is 9.38 Å². The number of hydrogen-bond donors (Lipinski definition) is 1. The van der Waals surface area contributed by atoms with E-state index in [-0.39, 0.29) is 0 Å². The van der Waals surface area contributed by atoms with Gasteiger partial charge in [0.25, 0.3) is 0 Å². The summed E-state index contributed by atoms with van der Waals surface area (Å²) in [4.78, 5) is 7.08. The number of nitrogens with zero attached hydrogens (tertiary/aromatic N) is 2. The Morgan fingerprint density at radius 2 is 1.88 bits per heavy atom. The summed E-state index contributed by atoms with van der Waals surface area (Å²) in [5, 5.41) is 0. The van der Waals surface area contributed by atoms with Crippen LogP contribution in [0.3, 0.4) is 0 Å². The Morgan fingerprint density at radius 3 is 2.58 bits per heavy atom. The fourth-order valence-corrected chi connectivity index (χ4v) is 4.00. The predicted molar refractivity (Wildman–Crippen MR) is 102 cm³/mol. The highest BCUT2D eigenvalue weighted by Gasteiger charge is 2.14. The molecule has 0 saturated carbocycles. The van der Waals surface area contributed by atoms with Crippen LogP contribution in [0.1, 0.15) is 17.4 Å². The Labute approximate surface area is 145 Å². The second-order valence-corrected chi connectivity index (χ2v) is 7.14. The number of nitrogen functional groups attached to an aromatic ring is 1. The van der Waals surface area contributed by atoms with Crippen LogP contribution in [0, 0.1) is 6.92 Å². The molecule has 0 unspecified atom stereocenters. The maximum Gasteiger partial charge on any atom is 0.194 e. The molecule has 2 heterocycles. The Bertz CT molecular complexity index is 1010. The summed E-state index contributed by atoms with van der Waals surface area (Å²) in [5.41, 5.74) is 12.5. The zero-order chi connectivity index (χ0) is 16.7. The largest absolute Gasteiger partial charge is 0.399 e. The number of aromatic nitrogens is 2. The molecule has 2 aromatic heterocycles. The van der Waals surface area contributed by atoms with E-state index in [9.17, 15) is 0 Å². The Balaban J connectivity index is 1.85. The van der Waals surface area contributed by atoms with Crippen LogP contribution in [0.5, 0.6) is 0 Å². The lowest BCUT2D eigenvalue weighted by molar-refractivity contribution is 1.14. The minimum absolute atomic E-state index is 0.760. The van der Waals surface area contributed by atoms with E-state index in [0.717, 1.165) is 28.3 Å². The highest BCUT2D eigenvalue weighted by atomic mass is 32.1. The smallest absolute Gasteiger partial charge is 0.194 e. The lowest BCUT2D eigenvalue weighted by atomic mass is 10.1. The third-order valence-corrected chi connectivity index (χ3v) is 5.28. The molecule has 0 aliphatic carbocycles. The number of nitrogens with two attached hydrogens (primary N) is 1. The molecular weight excluding hydrogens is 314 g/mol. The van der Waals surface area contributed by atoms with Crippen molar-refractivity contribution in [3.63, 3.8) is 0 Å². The van der Waals surface area contributed by atoms with E-state index in [1.54, 1.807) is 11.3 Å². The van der Waals surface area contributed by atoms with E-state index in [0.29, 0.717) is 0 Å². The molecule has 0 aliphatic rings. The first-order chi connectivity index (χ1) is 11.7. The van der Waals surface area contributed by atoms with Crippen LogP contribution in [0.2, 0.25) is 0 Å². The van der Waals surface area contributed by atoms with Crippen LogP contribution in [-0.2, 0) is 6.42 Å². The number of benzene rings is 2. The van der Waals surface area contributed by atoms with Gasteiger partial charge < -0.3 is 5.73 Å². The second kappa shape index (κ2) is 5.80. The molecule has 120 valence electrons. The summed E-state index contributed by atoms with van der Waals surface area (Å²) < 4.78 is 2.19. The van der Waals surface area contributed by atoms with Crippen LogP contribution >= 0.6 is 11.3 Å². The van der Waals surface area contributed by atoms with Gasteiger partial charge in [-0.25, -0.2) is 4.98 Å². The van der Waals surface area contributed by atoms with Gasteiger partial charge in [-0.15, -0.1) is 11.3 Å². The lowest BCUT2D eigenvalue weighted by Gasteiger charge is -2.04. The van der Waals surface area contributed by atoms with Crippen LogP contribution in [0.4, 0.5) is 5.69 Å². The first-order valence-corrected chi connectivity index (χ1v) is 8.91. The second-order valence-electron chi connectivity index (χ2n) is 5.96. The van der Waals surface area contributed by atoms with Crippen molar-refractivity contribution in [3.05, 3.63) is 65.2 Å². The van der Waals surface area contributed by atoms with Gasteiger partial charge >= 0.3 is 0 Å². The zero-order valence-electron chi connectivity index (χ0n) is 13.8. The maximum absolute atomic E-state index is 5.91. The van der Waals surface area contributed by atoms with E-state index in [4.69, 9.17) is 10.7 Å². The highest BCUT2D eigenvalue weighted by Crippen LogP contribution is 2.33. The molecular formula is C20H19N3S. The molecule has 2 N–H and O–H groups in total. The molecule has 0 aliphatic heterocycles. The van der Waals surface area contributed by atoms with Gasteiger partial charge in [0, 0.05) is 22.3 Å². The summed E-state index contributed by atoms with van der Waals surface area (Å²) in [5.74, 6) is 0. The van der Waals surface area contributed by atoms with Crippen molar-refractivity contribution in [2.45, 2.75) is 20.3 Å². The molecule has 3 nitrogen and oxygen atoms in total. The molecule has 0 amide bonds. The lowest BCUT2D eigenvalue weighted by Crippen LogP contribution is -1.88. The van der Waals surface area contributed by atoms with E-state index in [1.807, 2.05) is 24.3 Å². The minimum Gasteiger partial charge on any atom is -0.399 e. The summed E-state index contributed by atoms with van der Waals surface area (Å²) in [7, 11) is 0. The minimum atomic E-state index is 0.760. The average molecular weight is 333 g/mol. The van der Waals surface area contributed by atoms with Crippen molar-refractivity contribution in [2.75, 3.05) is 5.73 Å². The Hall–Kier alpha value is -2.59. The van der Waals surface area contributed by atoms with Gasteiger partial charge in [-0.05, 0) is 36.6 Å². The van der Waals surface area contributed by atoms with Crippen molar-refractivity contribution in [1.82, 2.24) is 9.38 Å². The quantitative estimate of drug-likeness (QED) is 0.525. The Kier molecular flexibility index (Phi) is 3.62. The van der Waals surface area contributed by atoms with Gasteiger partial charge in [-0.3, -0.25) is 4.40 Å². The topological polar surface area (TPSA) is 43.3 Å². The number of fused-ring (bicyclic) bond motifs is 1. The van der Waals surface area contributed by atoms with Crippen LogP contribution in [0.15, 0.2) is 54.7 Å². The molecule has 4 heteroatoms. The third-order valence-electron chi connectivity index (χ3n) is 4.31. The molecule has 0 bridgehead atoms. The number of thiazole rings is 1. The molecule has 0 spiro atoms. The van der Waals surface area contributed by atoms with Crippen molar-refractivity contribution >= 4 is 22.0 Å². The van der Waals surface area contributed by atoms with E-state index < -0.39 is 0 Å². The van der Waals surface area contributed by atoms with Crippen molar-refractivity contribution < 1.29 is 0 Å². The van der Waals surface area contributed by atoms with Crippen molar-refractivity contribution in [2.24, 2.45) is 0 Å². The summed E-state index contributed by atoms with van der Waals surface area (Å²) in [6.45, 7) is 4.33. The molecule has 0 saturated heterocycles. The molecule has 4 aromatic rings. The molecule has 0 atom stereocenters. The fraction of sp³-hybridized carbons (Fsp3) is 0.150. The van der Waals surface area contributed by atoms with Gasteiger partial charge in [0.1, 0.15) is 0 Å². The third kappa shape index (κ3) is 2.49. The number of imidazole rings is 1. The maximum atomic E-state index is 5.91. The average Bonchev–Trinajstić information content (AvgIpc) is 3.11. The summed E-state index contributed by atoms with van der Waals surface area (Å²) in [6.07, 6.45) is 3.17. The first kappa shape index (κ1) is 15.0. The first-order valence-electron chi connectivity index (χ1n) is 8.09. The number of aryl methyl sites for hydroxylation is 2. The van der Waals surface area contributed by atoms with Gasteiger partial charge in [0.15, 0.2) is 4.96 Å². The van der Waals surface area contributed by atoms with Gasteiger partial charge in [0.05, 0.1) is 11.4 Å². The fourth-order valence-electron chi connectivity index (χ4n) is 3.03. The SMILES string of the molecule is CCc1ccc(-c2c(C)sc3nc(-c4cccc(N)c4)cn23)cc1. The Morgan fingerprint density at radius 1 is 1.08 bits per heavy atom. The highest BCUT2D eigenvalue weighted by molar-refractivity contribution is 7.17. The van der Waals surface area contributed by atoms with E-state index in [1.165, 1.54) is 21.7 Å². The number of hydrogen-bond acceptors (Lipinski definition) is 3. The van der Waals surface area contributed by atoms with Crippen LogP contribution in [0.25, 0.3) is 27.5 Å². The molecule has 0 fully saturated rings. The number of rotatable bonds is 3. The van der Waals surface area contributed by atoms with E-state index in [2.05, 4.69) is 48.7 Å². The summed E-state index contributed by atoms with van der Waals surface area (Å²) >= 11 is 1.72. The van der Waals surface area contributed by atoms with Crippen molar-refractivity contribution in [1.29, 1.82) is 0 Å². The molecule has 2 aromatic carbocycles. The number of anilines is 1. The molecule has 4 rings (SSSR count). The van der Waals surface area contributed by atoms with Gasteiger partial charge in [-0.2, -0.15) is 0 Å². The predicted octanol–water partition coefficient (Wildman–Crippen LogP) is 5.18. The van der Waals surface area contributed by atoms with Gasteiger partial charge in [0.2, 0.25) is 0 Å². The van der Waals surface area contributed by atoms with Crippen LogP contribution < -0.4 is 5.73 Å². The molecule has 24 heavy (non-hydrogen) atoms. The van der Waals surface area contributed by atoms with E-state index >= 15 is 0 Å².